The third-order valence-corrected chi connectivity index (χ3v) is 4.44. The summed E-state index contributed by atoms with van der Waals surface area (Å²) < 4.78 is 42.6. The molecule has 0 aliphatic heterocycles. The Balaban J connectivity index is 1.48. The number of oxazole rings is 1. The number of aromatic nitrogens is 2. The highest BCUT2D eigenvalue weighted by molar-refractivity contribution is 5.77. The van der Waals surface area contributed by atoms with E-state index in [9.17, 15) is 8.78 Å². The number of fused-ring (bicyclic) bond motifs is 1. The van der Waals surface area contributed by atoms with Crippen LogP contribution in [0.2, 0.25) is 0 Å². The number of alkyl halides is 2. The highest BCUT2D eigenvalue weighted by Crippen LogP contribution is 2.29. The van der Waals surface area contributed by atoms with Crippen molar-refractivity contribution in [3.63, 3.8) is 0 Å². The number of pyridine rings is 1. The molecule has 1 unspecified atom stereocenters. The van der Waals surface area contributed by atoms with Gasteiger partial charge in [0.25, 0.3) is 5.92 Å². The molecule has 0 aliphatic rings. The Morgan fingerprint density at radius 3 is 2.61 bits per heavy atom. The molecule has 0 aliphatic carbocycles. The Kier molecular flexibility index (Phi) is 5.56. The number of nitrogens with zero attached hydrogens (tertiary/aromatic N) is 2. The number of nitrogens with two attached hydrogens (primary N) is 1. The van der Waals surface area contributed by atoms with Crippen molar-refractivity contribution in [3.8, 4) is 28.8 Å². The SMILES string of the molecule is CC(N)c1ccc2nc(-c3ccc(Oc4cccc(OCC(C)(F)F)c4)nc3)oc2c1. The quantitative estimate of drug-likeness (QED) is 0.407. The maximum absolute atomic E-state index is 13.0. The third kappa shape index (κ3) is 5.16. The van der Waals surface area contributed by atoms with Crippen LogP contribution < -0.4 is 15.2 Å². The first-order valence-corrected chi connectivity index (χ1v) is 9.68. The van der Waals surface area contributed by atoms with Gasteiger partial charge in [0.05, 0.1) is 5.56 Å². The fourth-order valence-electron chi connectivity index (χ4n) is 2.87. The highest BCUT2D eigenvalue weighted by atomic mass is 19.3. The van der Waals surface area contributed by atoms with Gasteiger partial charge in [-0.25, -0.2) is 18.7 Å². The Hall–Kier alpha value is -3.52. The van der Waals surface area contributed by atoms with E-state index in [-0.39, 0.29) is 11.8 Å². The molecule has 2 aromatic carbocycles. The molecule has 0 bridgehead atoms. The molecule has 0 radical (unpaired) electrons. The van der Waals surface area contributed by atoms with Crippen molar-refractivity contribution in [1.82, 2.24) is 9.97 Å². The Morgan fingerprint density at radius 1 is 1.10 bits per heavy atom. The van der Waals surface area contributed by atoms with Gasteiger partial charge in [-0.05, 0) is 42.8 Å². The molecule has 31 heavy (non-hydrogen) atoms. The molecule has 6 nitrogen and oxygen atoms in total. The number of hydrogen-bond donors (Lipinski definition) is 1. The molecule has 2 aromatic heterocycles. The number of ether oxygens (including phenoxy) is 2. The number of hydrogen-bond acceptors (Lipinski definition) is 6. The van der Waals surface area contributed by atoms with Crippen molar-refractivity contribution in [2.75, 3.05) is 6.61 Å². The zero-order chi connectivity index (χ0) is 22.0. The fourth-order valence-corrected chi connectivity index (χ4v) is 2.87. The lowest BCUT2D eigenvalue weighted by Crippen LogP contribution is -2.20. The van der Waals surface area contributed by atoms with Crippen LogP contribution in [0.1, 0.15) is 25.5 Å². The lowest BCUT2D eigenvalue weighted by atomic mass is 10.1. The third-order valence-electron chi connectivity index (χ3n) is 4.44. The van der Waals surface area contributed by atoms with E-state index in [0.29, 0.717) is 28.7 Å². The van der Waals surface area contributed by atoms with Gasteiger partial charge in [-0.3, -0.25) is 0 Å². The molecule has 160 valence electrons. The molecule has 2 heterocycles. The summed E-state index contributed by atoms with van der Waals surface area (Å²) in [6.45, 7) is 1.99. The van der Waals surface area contributed by atoms with Gasteiger partial charge >= 0.3 is 0 Å². The van der Waals surface area contributed by atoms with Crippen LogP contribution in [0.15, 0.2) is 65.2 Å². The molecule has 4 rings (SSSR count). The monoisotopic (exact) mass is 425 g/mol. The van der Waals surface area contributed by atoms with Crippen molar-refractivity contribution in [2.45, 2.75) is 25.8 Å². The second-order valence-corrected chi connectivity index (χ2v) is 7.36. The van der Waals surface area contributed by atoms with E-state index in [1.807, 2.05) is 25.1 Å². The lowest BCUT2D eigenvalue weighted by molar-refractivity contribution is -0.0230. The molecule has 2 N–H and O–H groups in total. The van der Waals surface area contributed by atoms with E-state index in [1.54, 1.807) is 36.5 Å². The van der Waals surface area contributed by atoms with Crippen molar-refractivity contribution >= 4 is 11.1 Å². The first-order chi connectivity index (χ1) is 14.8. The van der Waals surface area contributed by atoms with Crippen LogP contribution >= 0.6 is 0 Å². The molecule has 0 saturated heterocycles. The molecule has 8 heteroatoms. The van der Waals surface area contributed by atoms with Crippen molar-refractivity contribution in [2.24, 2.45) is 5.73 Å². The number of halogens is 2. The van der Waals surface area contributed by atoms with Crippen molar-refractivity contribution in [3.05, 3.63) is 66.4 Å². The minimum Gasteiger partial charge on any atom is -0.487 e. The molecule has 0 saturated carbocycles. The molecule has 4 aromatic rings. The van der Waals surface area contributed by atoms with Crippen LogP contribution in [-0.2, 0) is 0 Å². The maximum atomic E-state index is 13.0. The summed E-state index contributed by atoms with van der Waals surface area (Å²) in [5, 5.41) is 0. The van der Waals surface area contributed by atoms with Gasteiger partial charge in [-0.1, -0.05) is 12.1 Å². The van der Waals surface area contributed by atoms with Gasteiger partial charge < -0.3 is 19.6 Å². The summed E-state index contributed by atoms with van der Waals surface area (Å²) in [5.74, 6) is -1.44. The zero-order valence-corrected chi connectivity index (χ0v) is 17.0. The Morgan fingerprint density at radius 2 is 1.90 bits per heavy atom. The van der Waals surface area contributed by atoms with E-state index in [0.717, 1.165) is 18.0 Å². The van der Waals surface area contributed by atoms with Gasteiger partial charge in [-0.15, -0.1) is 0 Å². The second-order valence-electron chi connectivity index (χ2n) is 7.36. The Bertz CT molecular complexity index is 1180. The second kappa shape index (κ2) is 8.31. The van der Waals surface area contributed by atoms with Gasteiger partial charge in [0, 0.05) is 31.3 Å². The molecular weight excluding hydrogens is 404 g/mol. The van der Waals surface area contributed by atoms with E-state index >= 15 is 0 Å². The molecule has 0 amide bonds. The summed E-state index contributed by atoms with van der Waals surface area (Å²) in [6, 6.07) is 15.5. The molecule has 0 spiro atoms. The van der Waals surface area contributed by atoms with Gasteiger partial charge in [0.2, 0.25) is 11.8 Å². The van der Waals surface area contributed by atoms with Gasteiger partial charge in [-0.2, -0.15) is 0 Å². The average Bonchev–Trinajstić information content (AvgIpc) is 3.16. The summed E-state index contributed by atoms with van der Waals surface area (Å²) in [7, 11) is 0. The van der Waals surface area contributed by atoms with Crippen LogP contribution in [0.3, 0.4) is 0 Å². The summed E-state index contributed by atoms with van der Waals surface area (Å²) >= 11 is 0. The van der Waals surface area contributed by atoms with E-state index in [4.69, 9.17) is 19.6 Å². The van der Waals surface area contributed by atoms with E-state index in [2.05, 4.69) is 9.97 Å². The predicted octanol–water partition coefficient (Wildman–Crippen LogP) is 5.74. The van der Waals surface area contributed by atoms with Gasteiger partial charge in [0.1, 0.15) is 17.0 Å². The number of benzene rings is 2. The van der Waals surface area contributed by atoms with Crippen molar-refractivity contribution in [1.29, 1.82) is 0 Å². The molecule has 0 fully saturated rings. The van der Waals surface area contributed by atoms with E-state index in [1.165, 1.54) is 6.07 Å². The average molecular weight is 425 g/mol. The first kappa shape index (κ1) is 20.7. The fraction of sp³-hybridized carbons (Fsp3) is 0.217. The van der Waals surface area contributed by atoms with Crippen LogP contribution in [0.4, 0.5) is 8.78 Å². The topological polar surface area (TPSA) is 83.4 Å². The van der Waals surface area contributed by atoms with Crippen molar-refractivity contribution < 1.29 is 22.7 Å². The van der Waals surface area contributed by atoms with Crippen LogP contribution in [-0.4, -0.2) is 22.5 Å². The standard InChI is InChI=1S/C23H21F2N3O3/c1-14(26)15-6-8-19-20(10-15)31-22(28-19)16-7-9-21(27-12-16)30-18-5-3-4-17(11-18)29-13-23(2,24)25/h3-12,14H,13,26H2,1-2H3. The Labute approximate surface area is 177 Å². The van der Waals surface area contributed by atoms with E-state index < -0.39 is 12.5 Å². The summed E-state index contributed by atoms with van der Waals surface area (Å²) in [5.41, 5.74) is 8.96. The minimum atomic E-state index is -2.91. The smallest absolute Gasteiger partial charge is 0.278 e. The minimum absolute atomic E-state index is 0.0987. The summed E-state index contributed by atoms with van der Waals surface area (Å²) in [6.07, 6.45) is 1.59. The van der Waals surface area contributed by atoms with Gasteiger partial charge in [0.15, 0.2) is 12.2 Å². The highest BCUT2D eigenvalue weighted by Gasteiger charge is 2.22. The lowest BCUT2D eigenvalue weighted by Gasteiger charge is -2.12. The first-order valence-electron chi connectivity index (χ1n) is 9.68. The van der Waals surface area contributed by atoms with Crippen LogP contribution in [0.5, 0.6) is 17.4 Å². The predicted molar refractivity (Wildman–Crippen MR) is 112 cm³/mol. The molecule has 1 atom stereocenters. The maximum Gasteiger partial charge on any atom is 0.278 e. The normalized spacial score (nSPS) is 12.7. The summed E-state index contributed by atoms with van der Waals surface area (Å²) in [4.78, 5) is 8.76. The molecular formula is C23H21F2N3O3. The van der Waals surface area contributed by atoms with Crippen LogP contribution in [0.25, 0.3) is 22.6 Å². The number of rotatable bonds is 7. The van der Waals surface area contributed by atoms with Crippen LogP contribution in [0, 0.1) is 0 Å². The zero-order valence-electron chi connectivity index (χ0n) is 17.0. The largest absolute Gasteiger partial charge is 0.487 e.